The van der Waals surface area contributed by atoms with Gasteiger partial charge < -0.3 is 23.8 Å². The molecular weight excluding hydrogens is 342 g/mol. The Bertz CT molecular complexity index is 515. The fourth-order valence-corrected chi connectivity index (χ4v) is 3.20. The minimum absolute atomic E-state index is 0.451. The lowest BCUT2D eigenvalue weighted by molar-refractivity contribution is 0.00675. The quantitative estimate of drug-likeness (QED) is 0.462. The highest BCUT2D eigenvalue weighted by atomic mass is 16.6. The molecule has 2 rings (SSSR count). The van der Waals surface area contributed by atoms with Crippen LogP contribution in [0.1, 0.15) is 43.7 Å². The molecule has 1 aliphatic rings. The maximum Gasteiger partial charge on any atom is 0.123 e. The Morgan fingerprint density at radius 1 is 0.852 bits per heavy atom. The number of aryl methyl sites for hydroxylation is 1. The highest BCUT2D eigenvalue weighted by Gasteiger charge is 2.10. The topological polar surface area (TPSA) is 40.2 Å². The molecule has 5 nitrogen and oxygen atoms in total. The van der Waals surface area contributed by atoms with Crippen molar-refractivity contribution in [3.8, 4) is 5.75 Å². The Balaban J connectivity index is 1.41. The van der Waals surface area contributed by atoms with Gasteiger partial charge >= 0.3 is 0 Å². The number of likely N-dealkylation sites (tertiary alicyclic amines) is 1. The van der Waals surface area contributed by atoms with Crippen LogP contribution in [0.3, 0.4) is 0 Å². The van der Waals surface area contributed by atoms with Gasteiger partial charge in [0.15, 0.2) is 0 Å². The van der Waals surface area contributed by atoms with Gasteiger partial charge in [0.05, 0.1) is 39.6 Å². The average Bonchev–Trinajstić information content (AvgIpc) is 3.16. The third kappa shape index (κ3) is 9.06. The minimum Gasteiger partial charge on any atom is -0.491 e. The van der Waals surface area contributed by atoms with E-state index >= 15 is 0 Å². The van der Waals surface area contributed by atoms with Gasteiger partial charge in [-0.1, -0.05) is 26.0 Å². The summed E-state index contributed by atoms with van der Waals surface area (Å²) in [5.74, 6) is 1.42. The summed E-state index contributed by atoms with van der Waals surface area (Å²) in [6.07, 6.45) is 2.66. The molecular formula is C22H37NO4. The predicted octanol–water partition coefficient (Wildman–Crippen LogP) is 3.64. The van der Waals surface area contributed by atoms with E-state index in [4.69, 9.17) is 18.9 Å². The summed E-state index contributed by atoms with van der Waals surface area (Å²) in [4.78, 5) is 2.46. The van der Waals surface area contributed by atoms with Crippen molar-refractivity contribution in [2.24, 2.45) is 0 Å². The van der Waals surface area contributed by atoms with Crippen molar-refractivity contribution in [3.63, 3.8) is 0 Å². The molecule has 0 aliphatic carbocycles. The summed E-state index contributed by atoms with van der Waals surface area (Å²) in [5.41, 5.74) is 2.46. The second kappa shape index (κ2) is 13.1. The molecule has 0 aromatic heterocycles. The van der Waals surface area contributed by atoms with Gasteiger partial charge in [-0.25, -0.2) is 0 Å². The summed E-state index contributed by atoms with van der Waals surface area (Å²) in [7, 11) is 0. The van der Waals surface area contributed by atoms with E-state index in [1.807, 2.05) is 0 Å². The molecule has 1 fully saturated rings. The number of hydrogen-bond donors (Lipinski definition) is 0. The fourth-order valence-electron chi connectivity index (χ4n) is 3.20. The van der Waals surface area contributed by atoms with Crippen LogP contribution < -0.4 is 4.74 Å². The zero-order valence-corrected chi connectivity index (χ0v) is 17.4. The number of rotatable bonds is 14. The third-order valence-corrected chi connectivity index (χ3v) is 4.77. The Labute approximate surface area is 164 Å². The molecule has 1 aromatic rings. The van der Waals surface area contributed by atoms with Crippen LogP contribution in [-0.4, -0.2) is 70.8 Å². The summed E-state index contributed by atoms with van der Waals surface area (Å²) in [6.45, 7) is 14.3. The van der Waals surface area contributed by atoms with Crippen molar-refractivity contribution >= 4 is 0 Å². The van der Waals surface area contributed by atoms with Gasteiger partial charge in [0.1, 0.15) is 12.4 Å². The van der Waals surface area contributed by atoms with Crippen LogP contribution >= 0.6 is 0 Å². The lowest BCUT2D eigenvalue weighted by Gasteiger charge is -2.15. The lowest BCUT2D eigenvalue weighted by atomic mass is 10.0. The first kappa shape index (κ1) is 22.2. The summed E-state index contributed by atoms with van der Waals surface area (Å²) >= 11 is 0. The summed E-state index contributed by atoms with van der Waals surface area (Å²) in [6, 6.07) is 6.38. The third-order valence-electron chi connectivity index (χ3n) is 4.77. The standard InChI is InChI=1S/C22H37NO4/c1-19(2)21-7-6-20(3)18-22(21)27-17-16-26-15-14-25-13-12-24-11-10-23-8-4-5-9-23/h6-7,18-19H,4-5,8-17H2,1-3H3. The maximum atomic E-state index is 5.90. The van der Waals surface area contributed by atoms with Crippen molar-refractivity contribution < 1.29 is 18.9 Å². The number of hydrogen-bond acceptors (Lipinski definition) is 5. The van der Waals surface area contributed by atoms with E-state index in [-0.39, 0.29) is 0 Å². The monoisotopic (exact) mass is 379 g/mol. The van der Waals surface area contributed by atoms with Crippen LogP contribution in [0.25, 0.3) is 0 Å². The van der Waals surface area contributed by atoms with Gasteiger partial charge in [-0.05, 0) is 56.0 Å². The average molecular weight is 380 g/mol. The Hall–Kier alpha value is -1.14. The number of nitrogens with zero attached hydrogens (tertiary/aromatic N) is 1. The van der Waals surface area contributed by atoms with Gasteiger partial charge in [0.25, 0.3) is 0 Å². The largest absolute Gasteiger partial charge is 0.491 e. The first-order valence-electron chi connectivity index (χ1n) is 10.4. The second-order valence-electron chi connectivity index (χ2n) is 7.43. The van der Waals surface area contributed by atoms with E-state index < -0.39 is 0 Å². The van der Waals surface area contributed by atoms with E-state index in [2.05, 4.69) is 43.9 Å². The van der Waals surface area contributed by atoms with Crippen molar-refractivity contribution in [2.75, 3.05) is 65.9 Å². The zero-order valence-electron chi connectivity index (χ0n) is 17.4. The van der Waals surface area contributed by atoms with Crippen LogP contribution in [0.4, 0.5) is 0 Å². The van der Waals surface area contributed by atoms with Crippen molar-refractivity contribution in [2.45, 2.75) is 39.5 Å². The Morgan fingerprint density at radius 3 is 2.07 bits per heavy atom. The molecule has 0 bridgehead atoms. The zero-order chi connectivity index (χ0) is 19.3. The second-order valence-corrected chi connectivity index (χ2v) is 7.43. The minimum atomic E-state index is 0.451. The van der Waals surface area contributed by atoms with Gasteiger partial charge in [-0.3, -0.25) is 0 Å². The van der Waals surface area contributed by atoms with E-state index in [1.54, 1.807) is 0 Å². The number of ether oxygens (including phenoxy) is 4. The van der Waals surface area contributed by atoms with Crippen LogP contribution in [-0.2, 0) is 14.2 Å². The summed E-state index contributed by atoms with van der Waals surface area (Å²) < 4.78 is 22.6. The van der Waals surface area contributed by atoms with E-state index in [0.29, 0.717) is 45.6 Å². The van der Waals surface area contributed by atoms with Gasteiger partial charge in [0, 0.05) is 6.54 Å². The molecule has 5 heteroatoms. The molecule has 1 aliphatic heterocycles. The SMILES string of the molecule is Cc1ccc(C(C)C)c(OCCOCCOCCOCCN2CCCC2)c1. The molecule has 0 amide bonds. The Kier molecular flexibility index (Phi) is 10.8. The highest BCUT2D eigenvalue weighted by Crippen LogP contribution is 2.27. The van der Waals surface area contributed by atoms with Crippen molar-refractivity contribution in [1.29, 1.82) is 0 Å². The first-order chi connectivity index (χ1) is 13.2. The van der Waals surface area contributed by atoms with Crippen LogP contribution in [0, 0.1) is 6.92 Å². The normalized spacial score (nSPS) is 15.0. The van der Waals surface area contributed by atoms with Crippen LogP contribution in [0.15, 0.2) is 18.2 Å². The molecule has 1 heterocycles. The van der Waals surface area contributed by atoms with Gasteiger partial charge in [-0.15, -0.1) is 0 Å². The summed E-state index contributed by atoms with van der Waals surface area (Å²) in [5, 5.41) is 0. The molecule has 0 radical (unpaired) electrons. The lowest BCUT2D eigenvalue weighted by Crippen LogP contribution is -2.24. The molecule has 0 unspecified atom stereocenters. The molecule has 154 valence electrons. The highest BCUT2D eigenvalue weighted by molar-refractivity contribution is 5.39. The number of benzene rings is 1. The fraction of sp³-hybridized carbons (Fsp3) is 0.727. The van der Waals surface area contributed by atoms with E-state index in [0.717, 1.165) is 18.9 Å². The van der Waals surface area contributed by atoms with Gasteiger partial charge in [0.2, 0.25) is 0 Å². The van der Waals surface area contributed by atoms with Crippen LogP contribution in [0.2, 0.25) is 0 Å². The van der Waals surface area contributed by atoms with E-state index in [9.17, 15) is 0 Å². The molecule has 1 saturated heterocycles. The van der Waals surface area contributed by atoms with Crippen LogP contribution in [0.5, 0.6) is 5.75 Å². The molecule has 0 atom stereocenters. The van der Waals surface area contributed by atoms with E-state index in [1.165, 1.54) is 37.1 Å². The first-order valence-corrected chi connectivity index (χ1v) is 10.4. The Morgan fingerprint density at radius 2 is 1.44 bits per heavy atom. The maximum absolute atomic E-state index is 5.90. The smallest absolute Gasteiger partial charge is 0.123 e. The molecule has 1 aromatic carbocycles. The molecule has 0 saturated carbocycles. The van der Waals surface area contributed by atoms with Crippen molar-refractivity contribution in [1.82, 2.24) is 4.90 Å². The molecule has 0 spiro atoms. The molecule has 0 N–H and O–H groups in total. The van der Waals surface area contributed by atoms with Crippen molar-refractivity contribution in [3.05, 3.63) is 29.3 Å². The predicted molar refractivity (Wildman–Crippen MR) is 109 cm³/mol. The molecule has 27 heavy (non-hydrogen) atoms. The van der Waals surface area contributed by atoms with Gasteiger partial charge in [-0.2, -0.15) is 0 Å².